The molecule has 0 atom stereocenters. The van der Waals surface area contributed by atoms with Crippen molar-refractivity contribution >= 4 is 32.5 Å². The summed E-state index contributed by atoms with van der Waals surface area (Å²) in [5.74, 6) is -0.144. The Morgan fingerprint density at radius 2 is 1.70 bits per heavy atom. The maximum Gasteiger partial charge on any atom is 0.264 e. The number of rotatable bonds is 8. The first-order chi connectivity index (χ1) is 19.3. The first-order valence-electron chi connectivity index (χ1n) is 12.7. The van der Waals surface area contributed by atoms with Gasteiger partial charge in [0.25, 0.3) is 15.9 Å². The molecule has 0 spiro atoms. The summed E-state index contributed by atoms with van der Waals surface area (Å²) < 4.78 is 53.5. The lowest BCUT2D eigenvalue weighted by Crippen LogP contribution is -2.48. The molecule has 2 heterocycles. The third-order valence-electron chi connectivity index (χ3n) is 6.85. The van der Waals surface area contributed by atoms with E-state index in [1.807, 2.05) is 6.07 Å². The highest BCUT2D eigenvalue weighted by atomic mass is 32.2. The van der Waals surface area contributed by atoms with Gasteiger partial charge in [0, 0.05) is 50.4 Å². The molecule has 9 nitrogen and oxygen atoms in total. The summed E-state index contributed by atoms with van der Waals surface area (Å²) in [5.41, 5.74) is 1.80. The molecule has 0 saturated carbocycles. The van der Waals surface area contributed by atoms with Crippen LogP contribution in [0.25, 0.3) is 10.9 Å². The van der Waals surface area contributed by atoms with Gasteiger partial charge >= 0.3 is 0 Å². The third kappa shape index (κ3) is 5.70. The van der Waals surface area contributed by atoms with Gasteiger partial charge in [-0.1, -0.05) is 24.3 Å². The van der Waals surface area contributed by atoms with E-state index in [0.717, 1.165) is 5.56 Å². The Kier molecular flexibility index (Phi) is 7.85. The number of methoxy groups -OCH3 is 2. The lowest BCUT2D eigenvalue weighted by Gasteiger charge is -2.35. The molecular weight excluding hydrogens is 535 g/mol. The Labute approximate surface area is 232 Å². The summed E-state index contributed by atoms with van der Waals surface area (Å²) in [6.07, 6.45) is 1.55. The smallest absolute Gasteiger partial charge is 0.264 e. The molecule has 1 fully saturated rings. The number of piperazine rings is 1. The maximum absolute atomic E-state index is 14.1. The molecular formula is C29H29FN4O5S. The van der Waals surface area contributed by atoms with E-state index in [4.69, 9.17) is 9.47 Å². The number of para-hydroxylation sites is 1. The van der Waals surface area contributed by atoms with Crippen LogP contribution in [0, 0.1) is 5.82 Å². The van der Waals surface area contributed by atoms with Crippen molar-refractivity contribution in [3.8, 4) is 11.5 Å². The number of benzene rings is 3. The van der Waals surface area contributed by atoms with Crippen molar-refractivity contribution in [2.75, 3.05) is 45.1 Å². The molecule has 1 aliphatic rings. The van der Waals surface area contributed by atoms with Crippen LogP contribution in [0.5, 0.6) is 11.5 Å². The van der Waals surface area contributed by atoms with E-state index in [2.05, 4.69) is 14.6 Å². The van der Waals surface area contributed by atoms with Crippen molar-refractivity contribution in [2.45, 2.75) is 11.4 Å². The number of nitrogens with zero attached hydrogens (tertiary/aromatic N) is 3. The van der Waals surface area contributed by atoms with Crippen molar-refractivity contribution in [3.05, 3.63) is 89.9 Å². The van der Waals surface area contributed by atoms with Crippen LogP contribution in [0.2, 0.25) is 0 Å². The summed E-state index contributed by atoms with van der Waals surface area (Å²) >= 11 is 0. The van der Waals surface area contributed by atoms with Crippen LogP contribution in [0.15, 0.2) is 77.8 Å². The molecule has 1 saturated heterocycles. The van der Waals surface area contributed by atoms with E-state index >= 15 is 0 Å². The number of pyridine rings is 1. The number of carbonyl (C=O) groups is 1. The highest BCUT2D eigenvalue weighted by molar-refractivity contribution is 7.93. The number of hydrogen-bond donors (Lipinski definition) is 1. The van der Waals surface area contributed by atoms with Gasteiger partial charge < -0.3 is 14.4 Å². The Bertz CT molecular complexity index is 1650. The Hall–Kier alpha value is -4.22. The minimum Gasteiger partial charge on any atom is -0.496 e. The summed E-state index contributed by atoms with van der Waals surface area (Å²) in [5, 5.41) is 0.708. The molecule has 1 amide bonds. The second-order valence-corrected chi connectivity index (χ2v) is 11.0. The van der Waals surface area contributed by atoms with E-state index in [1.54, 1.807) is 53.6 Å². The van der Waals surface area contributed by atoms with E-state index in [0.29, 0.717) is 49.2 Å². The predicted octanol–water partition coefficient (Wildman–Crippen LogP) is 4.15. The number of anilines is 1. The number of fused-ring (bicyclic) bond motifs is 1. The molecule has 0 bridgehead atoms. The molecule has 208 valence electrons. The average molecular weight is 565 g/mol. The molecule has 11 heteroatoms. The summed E-state index contributed by atoms with van der Waals surface area (Å²) in [6, 6.07) is 18.0. The fourth-order valence-electron chi connectivity index (χ4n) is 4.78. The number of amides is 1. The fraction of sp³-hybridized carbons (Fsp3) is 0.241. The molecule has 0 aliphatic carbocycles. The quantitative estimate of drug-likeness (QED) is 0.343. The number of hydrogen-bond acceptors (Lipinski definition) is 7. The third-order valence-corrected chi connectivity index (χ3v) is 8.26. The molecule has 4 aromatic rings. The van der Waals surface area contributed by atoms with Crippen LogP contribution in [-0.4, -0.2) is 69.5 Å². The molecule has 5 rings (SSSR count). The first-order valence-corrected chi connectivity index (χ1v) is 14.2. The lowest BCUT2D eigenvalue weighted by atomic mass is 10.1. The normalized spacial score (nSPS) is 14.2. The van der Waals surface area contributed by atoms with E-state index in [1.165, 1.54) is 32.4 Å². The van der Waals surface area contributed by atoms with E-state index in [-0.39, 0.29) is 28.0 Å². The average Bonchev–Trinajstić information content (AvgIpc) is 2.96. The van der Waals surface area contributed by atoms with Gasteiger partial charge in [0.15, 0.2) is 11.6 Å². The fourth-order valence-corrected chi connectivity index (χ4v) is 6.01. The zero-order valence-electron chi connectivity index (χ0n) is 22.1. The number of aromatic nitrogens is 1. The van der Waals surface area contributed by atoms with Gasteiger partial charge in [0.05, 0.1) is 31.0 Å². The van der Waals surface area contributed by atoms with Crippen LogP contribution < -0.4 is 14.2 Å². The summed E-state index contributed by atoms with van der Waals surface area (Å²) in [6.45, 7) is 2.79. The minimum absolute atomic E-state index is 0.0555. The van der Waals surface area contributed by atoms with Gasteiger partial charge in [-0.05, 0) is 42.0 Å². The largest absolute Gasteiger partial charge is 0.496 e. The number of halogens is 1. The number of ether oxygens (including phenoxy) is 2. The molecule has 1 N–H and O–H groups in total. The minimum atomic E-state index is -3.96. The Morgan fingerprint density at radius 3 is 2.42 bits per heavy atom. The van der Waals surface area contributed by atoms with Crippen LogP contribution in [0.4, 0.5) is 10.1 Å². The predicted molar refractivity (Wildman–Crippen MR) is 150 cm³/mol. The zero-order valence-corrected chi connectivity index (χ0v) is 22.9. The molecule has 3 aromatic carbocycles. The highest BCUT2D eigenvalue weighted by Crippen LogP contribution is 2.28. The van der Waals surface area contributed by atoms with Crippen molar-refractivity contribution in [1.82, 2.24) is 14.8 Å². The highest BCUT2D eigenvalue weighted by Gasteiger charge is 2.26. The Balaban J connectivity index is 1.26. The van der Waals surface area contributed by atoms with Gasteiger partial charge in [-0.15, -0.1) is 0 Å². The topological polar surface area (TPSA) is 101 Å². The van der Waals surface area contributed by atoms with Gasteiger partial charge in [0.1, 0.15) is 10.6 Å². The molecule has 0 radical (unpaired) electrons. The van der Waals surface area contributed by atoms with E-state index in [9.17, 15) is 17.6 Å². The molecule has 0 unspecified atom stereocenters. The van der Waals surface area contributed by atoms with Crippen LogP contribution >= 0.6 is 0 Å². The van der Waals surface area contributed by atoms with Gasteiger partial charge in [-0.3, -0.25) is 19.4 Å². The van der Waals surface area contributed by atoms with Crippen molar-refractivity contribution in [3.63, 3.8) is 0 Å². The molecule has 1 aromatic heterocycles. The lowest BCUT2D eigenvalue weighted by molar-refractivity contribution is 0.0625. The van der Waals surface area contributed by atoms with E-state index < -0.39 is 15.8 Å². The standard InChI is InChI=1S/C29H29FN4O5S/c1-38-25-11-8-20(17-24(25)30)19-33-13-15-34(16-14-33)29(35)23-10-9-22(18-26(23)39-2)32-40(36,37)27-7-3-5-21-6-4-12-31-28(21)27/h3-12,17-18,32H,13-16,19H2,1-2H3. The molecule has 40 heavy (non-hydrogen) atoms. The second kappa shape index (κ2) is 11.5. The van der Waals surface area contributed by atoms with Gasteiger partial charge in [0.2, 0.25) is 0 Å². The monoisotopic (exact) mass is 564 g/mol. The van der Waals surface area contributed by atoms with Crippen molar-refractivity contribution in [1.29, 1.82) is 0 Å². The second-order valence-electron chi connectivity index (χ2n) is 9.39. The zero-order chi connectivity index (χ0) is 28.3. The first kappa shape index (κ1) is 27.4. The SMILES string of the molecule is COc1ccc(CN2CCN(C(=O)c3ccc(NS(=O)(=O)c4cccc5cccnc45)cc3OC)CC2)cc1F. The van der Waals surface area contributed by atoms with Crippen LogP contribution in [0.3, 0.4) is 0 Å². The number of carbonyl (C=O) groups excluding carboxylic acids is 1. The number of nitrogens with one attached hydrogen (secondary N) is 1. The van der Waals surface area contributed by atoms with Crippen LogP contribution in [-0.2, 0) is 16.6 Å². The van der Waals surface area contributed by atoms with Crippen molar-refractivity contribution in [2.24, 2.45) is 0 Å². The molecule has 1 aliphatic heterocycles. The van der Waals surface area contributed by atoms with Crippen LogP contribution in [0.1, 0.15) is 15.9 Å². The summed E-state index contributed by atoms with van der Waals surface area (Å²) in [7, 11) is -1.09. The summed E-state index contributed by atoms with van der Waals surface area (Å²) in [4.78, 5) is 21.5. The number of sulfonamides is 1. The van der Waals surface area contributed by atoms with Gasteiger partial charge in [-0.2, -0.15) is 0 Å². The van der Waals surface area contributed by atoms with Gasteiger partial charge in [-0.25, -0.2) is 12.8 Å². The maximum atomic E-state index is 14.1. The Morgan fingerprint density at radius 1 is 0.950 bits per heavy atom. The van der Waals surface area contributed by atoms with Crippen molar-refractivity contribution < 1.29 is 27.1 Å².